The molecule has 0 spiro atoms. The number of nitrogens with zero attached hydrogens (tertiary/aromatic N) is 4. The number of pyridine rings is 2. The molecule has 10 nitrogen and oxygen atoms in total. The zero-order valence-electron chi connectivity index (χ0n) is 15.9. The largest absolute Gasteiger partial charge is 0.465 e. The van der Waals surface area contributed by atoms with Crippen molar-refractivity contribution in [3.63, 3.8) is 0 Å². The molecule has 0 fully saturated rings. The van der Waals surface area contributed by atoms with Crippen molar-refractivity contribution in [1.29, 1.82) is 0 Å². The summed E-state index contributed by atoms with van der Waals surface area (Å²) in [7, 11) is 0. The van der Waals surface area contributed by atoms with Crippen LogP contribution in [0.4, 0.5) is 16.4 Å². The molecule has 0 saturated heterocycles. The van der Waals surface area contributed by atoms with Gasteiger partial charge in [-0.3, -0.25) is 9.69 Å². The fraction of sp³-hybridized carbons (Fsp3) is 0.211. The van der Waals surface area contributed by atoms with Crippen molar-refractivity contribution >= 4 is 34.7 Å². The standard InChI is InChI=1S/C19H19N7O3/c1-3-26(19(28)29)18-16-15(22-10-23-16)14(17(20)25-18)8-7-12-5-4-6-13(24-12)9-21-11(2)27/h4-6,10H,3,9H2,1-2H3,(H2,20,25)(H,21,27)(H,22,23)(H,28,29). The molecule has 148 valence electrons. The summed E-state index contributed by atoms with van der Waals surface area (Å²) >= 11 is 0. The van der Waals surface area contributed by atoms with Crippen molar-refractivity contribution in [2.24, 2.45) is 0 Å². The first-order valence-electron chi connectivity index (χ1n) is 8.76. The zero-order chi connectivity index (χ0) is 21.0. The molecule has 3 aromatic rings. The van der Waals surface area contributed by atoms with Crippen molar-refractivity contribution in [2.45, 2.75) is 20.4 Å². The number of anilines is 2. The zero-order valence-corrected chi connectivity index (χ0v) is 15.9. The lowest BCUT2D eigenvalue weighted by atomic mass is 10.2. The quantitative estimate of drug-likeness (QED) is 0.490. The average Bonchev–Trinajstić information content (AvgIpc) is 3.16. The van der Waals surface area contributed by atoms with E-state index in [1.54, 1.807) is 25.1 Å². The van der Waals surface area contributed by atoms with Crippen molar-refractivity contribution in [1.82, 2.24) is 25.3 Å². The number of rotatable bonds is 4. The molecule has 0 aromatic carbocycles. The molecule has 0 saturated carbocycles. The summed E-state index contributed by atoms with van der Waals surface area (Å²) in [5.74, 6) is 5.94. The van der Waals surface area contributed by atoms with E-state index in [0.29, 0.717) is 34.5 Å². The van der Waals surface area contributed by atoms with Crippen LogP contribution >= 0.6 is 0 Å². The SMILES string of the molecule is CCN(C(=O)O)c1nc(N)c(C#Cc2cccc(CNC(C)=O)n2)c2nc[nH]c12. The van der Waals surface area contributed by atoms with E-state index in [1.807, 2.05) is 0 Å². The second-order valence-corrected chi connectivity index (χ2v) is 6.02. The number of fused-ring (bicyclic) bond motifs is 1. The van der Waals surface area contributed by atoms with E-state index in [-0.39, 0.29) is 24.1 Å². The molecule has 2 amide bonds. The van der Waals surface area contributed by atoms with E-state index in [4.69, 9.17) is 5.73 Å². The van der Waals surface area contributed by atoms with E-state index < -0.39 is 6.09 Å². The van der Waals surface area contributed by atoms with Gasteiger partial charge in [-0.2, -0.15) is 0 Å². The van der Waals surface area contributed by atoms with Crippen molar-refractivity contribution in [2.75, 3.05) is 17.2 Å². The van der Waals surface area contributed by atoms with Gasteiger partial charge in [0.25, 0.3) is 0 Å². The number of hydrogen-bond acceptors (Lipinski definition) is 6. The third kappa shape index (κ3) is 4.24. The number of nitrogen functional groups attached to an aromatic ring is 1. The van der Waals surface area contributed by atoms with Crippen LogP contribution in [-0.4, -0.2) is 43.6 Å². The molecule has 3 heterocycles. The van der Waals surface area contributed by atoms with Gasteiger partial charge < -0.3 is 21.1 Å². The molecule has 5 N–H and O–H groups in total. The minimum atomic E-state index is -1.14. The first-order chi connectivity index (χ1) is 13.9. The predicted octanol–water partition coefficient (Wildman–Crippen LogP) is 1.48. The van der Waals surface area contributed by atoms with Gasteiger partial charge >= 0.3 is 6.09 Å². The number of aromatic amines is 1. The number of nitrogens with two attached hydrogens (primary N) is 1. The molecule has 0 unspecified atom stereocenters. The lowest BCUT2D eigenvalue weighted by Crippen LogP contribution is -2.30. The molecule has 0 aliphatic rings. The van der Waals surface area contributed by atoms with Gasteiger partial charge in [-0.05, 0) is 25.0 Å². The highest BCUT2D eigenvalue weighted by molar-refractivity contribution is 5.99. The first-order valence-corrected chi connectivity index (χ1v) is 8.76. The van der Waals surface area contributed by atoms with Gasteiger partial charge in [0.1, 0.15) is 22.5 Å². The van der Waals surface area contributed by atoms with Crippen LogP contribution in [0.1, 0.15) is 30.8 Å². The summed E-state index contributed by atoms with van der Waals surface area (Å²) in [4.78, 5) is 39.3. The third-order valence-electron chi connectivity index (χ3n) is 4.03. The van der Waals surface area contributed by atoms with Gasteiger partial charge in [0.05, 0.1) is 24.1 Å². The van der Waals surface area contributed by atoms with Gasteiger partial charge in [-0.25, -0.2) is 19.7 Å². The smallest absolute Gasteiger partial charge is 0.413 e. The summed E-state index contributed by atoms with van der Waals surface area (Å²) in [6.45, 7) is 3.63. The number of amides is 2. The maximum atomic E-state index is 11.5. The minimum Gasteiger partial charge on any atom is -0.465 e. The molecule has 0 aliphatic heterocycles. The Morgan fingerprint density at radius 1 is 1.31 bits per heavy atom. The third-order valence-corrected chi connectivity index (χ3v) is 4.03. The lowest BCUT2D eigenvalue weighted by Gasteiger charge is -2.17. The number of nitrogens with one attached hydrogen (secondary N) is 2. The molecule has 10 heteroatoms. The van der Waals surface area contributed by atoms with Crippen LogP contribution in [0, 0.1) is 11.8 Å². The fourth-order valence-corrected chi connectivity index (χ4v) is 2.68. The van der Waals surface area contributed by atoms with Gasteiger partial charge in [-0.15, -0.1) is 0 Å². The number of aromatic nitrogens is 4. The Bertz CT molecular complexity index is 1140. The Morgan fingerprint density at radius 2 is 2.10 bits per heavy atom. The van der Waals surface area contributed by atoms with E-state index in [0.717, 1.165) is 4.90 Å². The van der Waals surface area contributed by atoms with Gasteiger partial charge in [0.15, 0.2) is 5.82 Å². The van der Waals surface area contributed by atoms with Crippen LogP contribution in [-0.2, 0) is 11.3 Å². The molecule has 0 bridgehead atoms. The Balaban J connectivity index is 2.00. The van der Waals surface area contributed by atoms with E-state index >= 15 is 0 Å². The summed E-state index contributed by atoms with van der Waals surface area (Å²) in [6, 6.07) is 5.30. The molecule has 29 heavy (non-hydrogen) atoms. The van der Waals surface area contributed by atoms with E-state index in [2.05, 4.69) is 37.1 Å². The first kappa shape index (κ1) is 19.6. The molecule has 0 radical (unpaired) electrons. The molecule has 0 atom stereocenters. The van der Waals surface area contributed by atoms with E-state index in [9.17, 15) is 14.7 Å². The molecular weight excluding hydrogens is 374 g/mol. The molecule has 3 rings (SSSR count). The number of hydrogen-bond donors (Lipinski definition) is 4. The molecule has 0 aliphatic carbocycles. The Hall–Kier alpha value is -4.13. The van der Waals surface area contributed by atoms with Crippen LogP contribution in [0.15, 0.2) is 24.5 Å². The van der Waals surface area contributed by atoms with Crippen LogP contribution in [0.25, 0.3) is 11.0 Å². The summed E-state index contributed by atoms with van der Waals surface area (Å²) in [5, 5.41) is 12.1. The Morgan fingerprint density at radius 3 is 2.79 bits per heavy atom. The van der Waals surface area contributed by atoms with E-state index in [1.165, 1.54) is 13.3 Å². The van der Waals surface area contributed by atoms with Crippen LogP contribution < -0.4 is 16.0 Å². The number of carbonyl (C=O) groups excluding carboxylic acids is 1. The number of carbonyl (C=O) groups is 2. The Labute approximate surface area is 166 Å². The molecular formula is C19H19N7O3. The van der Waals surface area contributed by atoms with Crippen LogP contribution in [0.5, 0.6) is 0 Å². The molecule has 3 aromatic heterocycles. The van der Waals surface area contributed by atoms with Crippen molar-refractivity contribution in [3.05, 3.63) is 41.5 Å². The average molecular weight is 393 g/mol. The van der Waals surface area contributed by atoms with Crippen LogP contribution in [0.2, 0.25) is 0 Å². The second kappa shape index (κ2) is 8.26. The number of carboxylic acid groups (broad SMARTS) is 1. The maximum absolute atomic E-state index is 11.5. The van der Waals surface area contributed by atoms with Gasteiger partial charge in [0.2, 0.25) is 5.91 Å². The van der Waals surface area contributed by atoms with Crippen molar-refractivity contribution in [3.8, 4) is 11.8 Å². The van der Waals surface area contributed by atoms with Crippen LogP contribution in [0.3, 0.4) is 0 Å². The number of H-pyrrole nitrogens is 1. The topological polar surface area (TPSA) is 150 Å². The highest BCUT2D eigenvalue weighted by atomic mass is 16.4. The predicted molar refractivity (Wildman–Crippen MR) is 107 cm³/mol. The monoisotopic (exact) mass is 393 g/mol. The number of imidazole rings is 1. The summed E-state index contributed by atoms with van der Waals surface area (Å²) < 4.78 is 0. The fourth-order valence-electron chi connectivity index (χ4n) is 2.68. The van der Waals surface area contributed by atoms with Gasteiger partial charge in [-0.1, -0.05) is 12.0 Å². The minimum absolute atomic E-state index is 0.0706. The normalized spacial score (nSPS) is 10.3. The second-order valence-electron chi connectivity index (χ2n) is 6.02. The highest BCUT2D eigenvalue weighted by Crippen LogP contribution is 2.28. The van der Waals surface area contributed by atoms with Crippen molar-refractivity contribution < 1.29 is 14.7 Å². The summed E-state index contributed by atoms with van der Waals surface area (Å²) in [5.41, 5.74) is 8.44. The highest BCUT2D eigenvalue weighted by Gasteiger charge is 2.21. The lowest BCUT2D eigenvalue weighted by molar-refractivity contribution is -0.119. The summed E-state index contributed by atoms with van der Waals surface area (Å²) in [6.07, 6.45) is 0.289. The Kier molecular flexibility index (Phi) is 5.59. The maximum Gasteiger partial charge on any atom is 0.413 e. The van der Waals surface area contributed by atoms with Gasteiger partial charge in [0, 0.05) is 13.5 Å².